The highest BCUT2D eigenvalue weighted by atomic mass is 35.5. The molecular formula is C19H16Cl2N4OS. The fourth-order valence-electron chi connectivity index (χ4n) is 2.62. The Kier molecular flexibility index (Phi) is 5.21. The van der Waals surface area contributed by atoms with Gasteiger partial charge in [0.25, 0.3) is 0 Å². The summed E-state index contributed by atoms with van der Waals surface area (Å²) in [5.41, 5.74) is 0.909. The number of aromatic nitrogens is 3. The highest BCUT2D eigenvalue weighted by molar-refractivity contribution is 8.00. The van der Waals surface area contributed by atoms with Crippen LogP contribution in [0.5, 0.6) is 0 Å². The Hall–Kier alpha value is -1.89. The zero-order valence-electron chi connectivity index (χ0n) is 14.4. The van der Waals surface area contributed by atoms with Crippen molar-refractivity contribution >= 4 is 57.6 Å². The molecule has 3 aromatic rings. The molecule has 1 aromatic carbocycles. The third-order valence-electron chi connectivity index (χ3n) is 4.24. The van der Waals surface area contributed by atoms with Crippen LogP contribution in [0.25, 0.3) is 10.9 Å². The molecule has 1 aliphatic carbocycles. The SMILES string of the molecule is CC(Sc1nc(C2CC2)nc2ccccc12)C(=O)Nc1ncc(Cl)cc1Cl. The van der Waals surface area contributed by atoms with Gasteiger partial charge in [-0.15, -0.1) is 0 Å². The molecule has 0 aliphatic heterocycles. The lowest BCUT2D eigenvalue weighted by Crippen LogP contribution is -2.23. The molecule has 1 N–H and O–H groups in total. The zero-order valence-corrected chi connectivity index (χ0v) is 16.8. The number of halogens is 2. The van der Waals surface area contributed by atoms with E-state index in [1.807, 2.05) is 31.2 Å². The van der Waals surface area contributed by atoms with Gasteiger partial charge in [-0.25, -0.2) is 15.0 Å². The number of pyridine rings is 1. The minimum Gasteiger partial charge on any atom is -0.308 e. The third-order valence-corrected chi connectivity index (χ3v) is 5.83. The molecular weight excluding hydrogens is 403 g/mol. The van der Waals surface area contributed by atoms with Crippen LogP contribution in [0.4, 0.5) is 5.82 Å². The lowest BCUT2D eigenvalue weighted by molar-refractivity contribution is -0.115. The summed E-state index contributed by atoms with van der Waals surface area (Å²) in [5, 5.41) is 4.86. The number of thioether (sulfide) groups is 1. The van der Waals surface area contributed by atoms with Gasteiger partial charge in [0, 0.05) is 17.5 Å². The summed E-state index contributed by atoms with van der Waals surface area (Å²) < 4.78 is 0. The maximum Gasteiger partial charge on any atom is 0.238 e. The lowest BCUT2D eigenvalue weighted by Gasteiger charge is -2.14. The number of rotatable bonds is 5. The number of benzene rings is 1. The van der Waals surface area contributed by atoms with E-state index in [1.54, 1.807) is 6.07 Å². The first-order valence-corrected chi connectivity index (χ1v) is 10.2. The van der Waals surface area contributed by atoms with Gasteiger partial charge in [0.2, 0.25) is 5.91 Å². The molecule has 2 heterocycles. The molecule has 27 heavy (non-hydrogen) atoms. The number of amides is 1. The summed E-state index contributed by atoms with van der Waals surface area (Å²) in [7, 11) is 0. The van der Waals surface area contributed by atoms with Gasteiger partial charge in [0.15, 0.2) is 5.82 Å². The normalized spacial score (nSPS) is 14.9. The Morgan fingerprint density at radius 2 is 2.04 bits per heavy atom. The Labute approximate surface area is 170 Å². The molecule has 1 atom stereocenters. The summed E-state index contributed by atoms with van der Waals surface area (Å²) in [5.74, 6) is 1.40. The van der Waals surface area contributed by atoms with Crippen LogP contribution < -0.4 is 5.32 Å². The molecule has 138 valence electrons. The topological polar surface area (TPSA) is 67.8 Å². The number of carbonyl (C=O) groups is 1. The minimum absolute atomic E-state index is 0.201. The molecule has 1 amide bonds. The van der Waals surface area contributed by atoms with Gasteiger partial charge >= 0.3 is 0 Å². The molecule has 0 bridgehead atoms. The van der Waals surface area contributed by atoms with Gasteiger partial charge in [-0.3, -0.25) is 4.79 Å². The number of fused-ring (bicyclic) bond motifs is 1. The van der Waals surface area contributed by atoms with Gasteiger partial charge in [-0.2, -0.15) is 0 Å². The molecule has 2 aromatic heterocycles. The lowest BCUT2D eigenvalue weighted by atomic mass is 10.2. The van der Waals surface area contributed by atoms with Crippen LogP contribution in [-0.4, -0.2) is 26.1 Å². The summed E-state index contributed by atoms with van der Waals surface area (Å²) >= 11 is 13.3. The van der Waals surface area contributed by atoms with Crippen molar-refractivity contribution in [3.8, 4) is 0 Å². The van der Waals surface area contributed by atoms with E-state index < -0.39 is 0 Å². The molecule has 5 nitrogen and oxygen atoms in total. The van der Waals surface area contributed by atoms with E-state index in [9.17, 15) is 4.79 Å². The summed E-state index contributed by atoms with van der Waals surface area (Å²) in [4.78, 5) is 26.1. The van der Waals surface area contributed by atoms with Crippen molar-refractivity contribution in [2.24, 2.45) is 0 Å². The van der Waals surface area contributed by atoms with Crippen LogP contribution in [-0.2, 0) is 4.79 Å². The smallest absolute Gasteiger partial charge is 0.238 e. The van der Waals surface area contributed by atoms with Gasteiger partial charge in [0.05, 0.1) is 20.8 Å². The van der Waals surface area contributed by atoms with Crippen molar-refractivity contribution in [2.75, 3.05) is 5.32 Å². The Balaban J connectivity index is 1.56. The highest BCUT2D eigenvalue weighted by Gasteiger charge is 2.28. The van der Waals surface area contributed by atoms with E-state index in [1.165, 1.54) is 18.0 Å². The fourth-order valence-corrected chi connectivity index (χ4v) is 4.00. The molecule has 0 saturated heterocycles. The standard InChI is InChI=1S/C19H16Cl2N4OS/c1-10(18(26)24-17-14(21)8-12(20)9-22-17)27-19-13-4-2-3-5-15(13)23-16(25-19)11-6-7-11/h2-5,8-11H,6-7H2,1H3,(H,22,24,26). The van der Waals surface area contributed by atoms with Gasteiger partial charge in [-0.05, 0) is 31.9 Å². The van der Waals surface area contributed by atoms with Gasteiger partial charge < -0.3 is 5.32 Å². The van der Waals surface area contributed by atoms with Crippen LogP contribution >= 0.6 is 35.0 Å². The second-order valence-corrected chi connectivity index (χ2v) is 8.58. The van der Waals surface area contributed by atoms with Crippen LogP contribution in [0.15, 0.2) is 41.6 Å². The van der Waals surface area contributed by atoms with Crippen molar-refractivity contribution < 1.29 is 4.79 Å². The summed E-state index contributed by atoms with van der Waals surface area (Å²) in [6, 6.07) is 9.43. The van der Waals surface area contributed by atoms with Crippen LogP contribution in [0.3, 0.4) is 0 Å². The number of nitrogens with one attached hydrogen (secondary N) is 1. The summed E-state index contributed by atoms with van der Waals surface area (Å²) in [6.45, 7) is 1.83. The van der Waals surface area contributed by atoms with E-state index in [2.05, 4.69) is 15.3 Å². The fraction of sp³-hybridized carbons (Fsp3) is 0.263. The highest BCUT2D eigenvalue weighted by Crippen LogP contribution is 2.40. The quantitative estimate of drug-likeness (QED) is 0.447. The maximum atomic E-state index is 12.6. The first-order chi connectivity index (χ1) is 13.0. The monoisotopic (exact) mass is 418 g/mol. The molecule has 4 rings (SSSR count). The van der Waals surface area contributed by atoms with E-state index in [0.29, 0.717) is 21.8 Å². The predicted molar refractivity (Wildman–Crippen MR) is 110 cm³/mol. The molecule has 0 spiro atoms. The number of nitrogens with zero attached hydrogens (tertiary/aromatic N) is 3. The average molecular weight is 419 g/mol. The first kappa shape index (κ1) is 18.5. The number of para-hydroxylation sites is 1. The second kappa shape index (κ2) is 7.62. The predicted octanol–water partition coefficient (Wildman–Crippen LogP) is 5.33. The number of hydrogen-bond donors (Lipinski definition) is 1. The van der Waals surface area contributed by atoms with Gasteiger partial charge in [0.1, 0.15) is 10.9 Å². The summed E-state index contributed by atoms with van der Waals surface area (Å²) in [6.07, 6.45) is 3.69. The third kappa shape index (κ3) is 4.18. The first-order valence-electron chi connectivity index (χ1n) is 8.56. The molecule has 0 radical (unpaired) electrons. The van der Waals surface area contributed by atoms with Crippen molar-refractivity contribution in [1.82, 2.24) is 15.0 Å². The van der Waals surface area contributed by atoms with E-state index in [4.69, 9.17) is 28.2 Å². The molecule has 8 heteroatoms. The van der Waals surface area contributed by atoms with Crippen LogP contribution in [0.1, 0.15) is 31.5 Å². The molecule has 1 aliphatic rings. The second-order valence-electron chi connectivity index (χ2n) is 6.41. The number of carbonyl (C=O) groups excluding carboxylic acids is 1. The van der Waals surface area contributed by atoms with Crippen LogP contribution in [0.2, 0.25) is 10.0 Å². The Bertz CT molecular complexity index is 1030. The average Bonchev–Trinajstić information content (AvgIpc) is 3.49. The largest absolute Gasteiger partial charge is 0.308 e. The Morgan fingerprint density at radius 1 is 1.26 bits per heavy atom. The number of anilines is 1. The van der Waals surface area contributed by atoms with Gasteiger partial charge in [-0.1, -0.05) is 53.2 Å². The van der Waals surface area contributed by atoms with Crippen molar-refractivity contribution in [1.29, 1.82) is 0 Å². The minimum atomic E-state index is -0.385. The zero-order chi connectivity index (χ0) is 19.0. The maximum absolute atomic E-state index is 12.6. The molecule has 1 saturated carbocycles. The van der Waals surface area contributed by atoms with E-state index in [-0.39, 0.29) is 11.2 Å². The van der Waals surface area contributed by atoms with Crippen molar-refractivity contribution in [2.45, 2.75) is 36.0 Å². The number of hydrogen-bond acceptors (Lipinski definition) is 5. The van der Waals surface area contributed by atoms with Crippen LogP contribution in [0, 0.1) is 0 Å². The molecule has 1 fully saturated rings. The van der Waals surface area contributed by atoms with E-state index in [0.717, 1.165) is 34.6 Å². The molecule has 1 unspecified atom stereocenters. The van der Waals surface area contributed by atoms with Crippen molar-refractivity contribution in [3.63, 3.8) is 0 Å². The van der Waals surface area contributed by atoms with Crippen molar-refractivity contribution in [3.05, 3.63) is 52.4 Å². The van der Waals surface area contributed by atoms with E-state index >= 15 is 0 Å². The Morgan fingerprint density at radius 3 is 2.78 bits per heavy atom.